The molecule has 2 aromatic heterocycles. The van der Waals surface area contributed by atoms with E-state index < -0.39 is 0 Å². The van der Waals surface area contributed by atoms with Crippen LogP contribution in [0.3, 0.4) is 0 Å². The molecule has 0 aliphatic heterocycles. The van der Waals surface area contributed by atoms with Crippen molar-refractivity contribution < 1.29 is 4.74 Å². The molecule has 7 heteroatoms. The van der Waals surface area contributed by atoms with Crippen LogP contribution >= 0.6 is 11.8 Å². The number of aryl methyl sites for hydroxylation is 2. The Kier molecular flexibility index (Phi) is 12.0. The Bertz CT molecular complexity index is 1100. The van der Waals surface area contributed by atoms with E-state index in [4.69, 9.17) is 4.74 Å². The summed E-state index contributed by atoms with van der Waals surface area (Å²) in [5, 5.41) is 0.787. The molecule has 1 aromatic carbocycles. The number of aromatic nitrogens is 4. The van der Waals surface area contributed by atoms with Gasteiger partial charge in [0.2, 0.25) is 0 Å². The molecule has 0 fully saturated rings. The minimum Gasteiger partial charge on any atom is -0.467 e. The molecule has 0 amide bonds. The third kappa shape index (κ3) is 9.41. The Hall–Kier alpha value is -2.67. The zero-order valence-corrected chi connectivity index (χ0v) is 22.9. The van der Waals surface area contributed by atoms with Crippen LogP contribution in [0, 0.1) is 6.92 Å². The molecule has 3 rings (SSSR count). The Morgan fingerprint density at radius 2 is 1.53 bits per heavy atom. The van der Waals surface area contributed by atoms with Crippen LogP contribution in [0.2, 0.25) is 0 Å². The first-order valence-corrected chi connectivity index (χ1v) is 14.2. The van der Waals surface area contributed by atoms with Gasteiger partial charge in [-0.25, -0.2) is 9.97 Å². The molecule has 194 valence electrons. The van der Waals surface area contributed by atoms with Crippen LogP contribution in [0.15, 0.2) is 52.8 Å². The van der Waals surface area contributed by atoms with Crippen molar-refractivity contribution in [2.24, 2.45) is 0 Å². The van der Waals surface area contributed by atoms with Crippen LogP contribution in [-0.4, -0.2) is 26.6 Å². The highest BCUT2D eigenvalue weighted by atomic mass is 32.2. The number of thioether (sulfide) groups is 1. The number of ether oxygens (including phenoxy) is 1. The average Bonchev–Trinajstić information content (AvgIpc) is 2.89. The third-order valence-corrected chi connectivity index (χ3v) is 7.34. The van der Waals surface area contributed by atoms with Gasteiger partial charge in [-0.05, 0) is 24.5 Å². The zero-order chi connectivity index (χ0) is 25.6. The van der Waals surface area contributed by atoms with E-state index in [1.54, 1.807) is 24.2 Å². The second-order valence-electron chi connectivity index (χ2n) is 9.40. The van der Waals surface area contributed by atoms with E-state index in [2.05, 4.69) is 57.6 Å². The first-order chi connectivity index (χ1) is 17.6. The molecule has 0 radical (unpaired) electrons. The highest BCUT2D eigenvalue weighted by molar-refractivity contribution is 7.98. The van der Waals surface area contributed by atoms with Gasteiger partial charge >= 0.3 is 6.01 Å². The maximum Gasteiger partial charge on any atom is 0.316 e. The van der Waals surface area contributed by atoms with E-state index in [1.807, 2.05) is 6.20 Å². The Morgan fingerprint density at radius 1 is 0.889 bits per heavy atom. The maximum atomic E-state index is 12.9. The molecule has 0 atom stereocenters. The van der Waals surface area contributed by atoms with Gasteiger partial charge in [-0.1, -0.05) is 99.9 Å². The number of unbranched alkanes of at least 4 members (excludes halogenated alkanes) is 8. The van der Waals surface area contributed by atoms with Crippen LogP contribution < -0.4 is 10.3 Å². The monoisotopic (exact) mass is 508 g/mol. The topological polar surface area (TPSA) is 69.9 Å². The maximum absolute atomic E-state index is 12.9. The summed E-state index contributed by atoms with van der Waals surface area (Å²) in [5.74, 6) is 0.788. The summed E-state index contributed by atoms with van der Waals surface area (Å²) in [7, 11) is 1.54. The summed E-state index contributed by atoms with van der Waals surface area (Å²) in [6.07, 6.45) is 17.4. The lowest BCUT2D eigenvalue weighted by Crippen LogP contribution is -2.20. The molecule has 0 saturated heterocycles. The standard InChI is InChI=1S/C29H40N4O2S/c1-4-5-6-7-8-9-10-11-12-17-33-21-26(18-25-19-30-28(35-3)31-20-25)27(34)32-29(33)36-22-24-15-13-23(2)14-16-24/h13-16,19-21H,4-12,17-18,22H2,1-3H3. The predicted octanol–water partition coefficient (Wildman–Crippen LogP) is 6.76. The first-order valence-electron chi connectivity index (χ1n) is 13.2. The van der Waals surface area contributed by atoms with Crippen LogP contribution in [-0.2, 0) is 18.7 Å². The second-order valence-corrected chi connectivity index (χ2v) is 10.3. The molecule has 36 heavy (non-hydrogen) atoms. The fourth-order valence-corrected chi connectivity index (χ4v) is 5.05. The molecule has 2 heterocycles. The lowest BCUT2D eigenvalue weighted by Gasteiger charge is -2.14. The van der Waals surface area contributed by atoms with E-state index >= 15 is 0 Å². The van der Waals surface area contributed by atoms with E-state index in [0.29, 0.717) is 18.0 Å². The van der Waals surface area contributed by atoms with Crippen LogP contribution in [0.5, 0.6) is 6.01 Å². The number of rotatable bonds is 16. The van der Waals surface area contributed by atoms with Crippen LogP contribution in [0.1, 0.15) is 87.0 Å². The number of methoxy groups -OCH3 is 1. The average molecular weight is 509 g/mol. The molecule has 0 aliphatic carbocycles. The fourth-order valence-electron chi connectivity index (χ4n) is 4.10. The molecular weight excluding hydrogens is 468 g/mol. The summed E-state index contributed by atoms with van der Waals surface area (Å²) in [6.45, 7) is 5.22. The molecule has 0 N–H and O–H groups in total. The number of hydrogen-bond donors (Lipinski definition) is 0. The lowest BCUT2D eigenvalue weighted by molar-refractivity contribution is 0.379. The van der Waals surface area contributed by atoms with E-state index in [1.165, 1.54) is 69.6 Å². The van der Waals surface area contributed by atoms with Crippen molar-refractivity contribution in [3.63, 3.8) is 0 Å². The third-order valence-electron chi connectivity index (χ3n) is 6.28. The van der Waals surface area contributed by atoms with Gasteiger partial charge in [-0.3, -0.25) is 4.79 Å². The van der Waals surface area contributed by atoms with Gasteiger partial charge in [0, 0.05) is 42.9 Å². The molecule has 0 bridgehead atoms. The minimum absolute atomic E-state index is 0.180. The minimum atomic E-state index is -0.180. The van der Waals surface area contributed by atoms with Crippen molar-refractivity contribution in [3.05, 3.63) is 75.5 Å². The molecule has 0 aliphatic rings. The zero-order valence-electron chi connectivity index (χ0n) is 22.0. The van der Waals surface area contributed by atoms with Crippen molar-refractivity contribution in [2.45, 2.75) is 95.5 Å². The van der Waals surface area contributed by atoms with Crippen molar-refractivity contribution in [1.82, 2.24) is 19.5 Å². The molecule has 0 saturated carbocycles. The summed E-state index contributed by atoms with van der Waals surface area (Å²) < 4.78 is 7.21. The summed E-state index contributed by atoms with van der Waals surface area (Å²) in [6, 6.07) is 8.85. The summed E-state index contributed by atoms with van der Waals surface area (Å²) >= 11 is 1.63. The van der Waals surface area contributed by atoms with Crippen LogP contribution in [0.25, 0.3) is 0 Å². The van der Waals surface area contributed by atoms with Gasteiger partial charge in [0.05, 0.1) is 7.11 Å². The van der Waals surface area contributed by atoms with Crippen molar-refractivity contribution >= 4 is 11.8 Å². The Balaban J connectivity index is 1.65. The highest BCUT2D eigenvalue weighted by Gasteiger charge is 2.11. The smallest absolute Gasteiger partial charge is 0.316 e. The van der Waals surface area contributed by atoms with E-state index in [0.717, 1.165) is 29.4 Å². The highest BCUT2D eigenvalue weighted by Crippen LogP contribution is 2.22. The normalized spacial score (nSPS) is 11.1. The van der Waals surface area contributed by atoms with Crippen molar-refractivity contribution in [1.29, 1.82) is 0 Å². The Labute approximate surface area is 220 Å². The van der Waals surface area contributed by atoms with Gasteiger partial charge < -0.3 is 9.30 Å². The molecule has 0 unspecified atom stereocenters. The van der Waals surface area contributed by atoms with Gasteiger partial charge in [-0.2, -0.15) is 4.98 Å². The second kappa shape index (κ2) is 15.4. The number of benzene rings is 1. The molecule has 0 spiro atoms. The van der Waals surface area contributed by atoms with Crippen LogP contribution in [0.4, 0.5) is 0 Å². The predicted molar refractivity (Wildman–Crippen MR) is 148 cm³/mol. The first kappa shape index (κ1) is 27.9. The molecule has 3 aromatic rings. The fraction of sp³-hybridized carbons (Fsp3) is 0.517. The molecule has 6 nitrogen and oxygen atoms in total. The lowest BCUT2D eigenvalue weighted by atomic mass is 10.1. The van der Waals surface area contributed by atoms with Gasteiger partial charge in [-0.15, -0.1) is 0 Å². The number of nitrogens with zero attached hydrogens (tertiary/aromatic N) is 4. The van der Waals surface area contributed by atoms with Crippen molar-refractivity contribution in [3.8, 4) is 6.01 Å². The van der Waals surface area contributed by atoms with Gasteiger partial charge in [0.25, 0.3) is 5.56 Å². The van der Waals surface area contributed by atoms with E-state index in [9.17, 15) is 4.79 Å². The summed E-state index contributed by atoms with van der Waals surface area (Å²) in [5.41, 5.74) is 3.83. The largest absolute Gasteiger partial charge is 0.467 e. The SMILES string of the molecule is CCCCCCCCCCCn1cc(Cc2cnc(OC)nc2)c(=O)nc1SCc1ccc(C)cc1. The van der Waals surface area contributed by atoms with Gasteiger partial charge in [0.15, 0.2) is 5.16 Å². The Morgan fingerprint density at radius 3 is 2.17 bits per heavy atom. The van der Waals surface area contributed by atoms with Crippen molar-refractivity contribution in [2.75, 3.05) is 7.11 Å². The van der Waals surface area contributed by atoms with E-state index in [-0.39, 0.29) is 5.56 Å². The van der Waals surface area contributed by atoms with Gasteiger partial charge in [0.1, 0.15) is 0 Å². The quantitative estimate of drug-likeness (QED) is 0.121. The molecular formula is C29H40N4O2S. The number of hydrogen-bond acceptors (Lipinski definition) is 6. The summed E-state index contributed by atoms with van der Waals surface area (Å²) in [4.78, 5) is 25.7.